The lowest BCUT2D eigenvalue weighted by Crippen LogP contribution is -2.22. The normalized spacial score (nSPS) is 12.6. The van der Waals surface area contributed by atoms with Crippen molar-refractivity contribution in [2.45, 2.75) is 26.3 Å². The van der Waals surface area contributed by atoms with Crippen LogP contribution in [-0.4, -0.2) is 6.54 Å². The predicted octanol–water partition coefficient (Wildman–Crippen LogP) is 4.94. The van der Waals surface area contributed by atoms with Crippen LogP contribution < -0.4 is 5.32 Å². The average Bonchev–Trinajstić information content (AvgIpc) is 2.75. The van der Waals surface area contributed by atoms with E-state index in [0.717, 1.165) is 33.3 Å². The van der Waals surface area contributed by atoms with Gasteiger partial charge in [-0.05, 0) is 55.3 Å². The highest BCUT2D eigenvalue weighted by Crippen LogP contribution is 2.31. The molecule has 1 nitrogen and oxygen atoms in total. The van der Waals surface area contributed by atoms with Crippen LogP contribution in [0.2, 0.25) is 4.34 Å². The van der Waals surface area contributed by atoms with Gasteiger partial charge in [0.15, 0.2) is 0 Å². The Labute approximate surface area is 122 Å². The third kappa shape index (κ3) is 3.78. The Hall–Kier alpha value is -0.900. The van der Waals surface area contributed by atoms with E-state index in [1.807, 2.05) is 25.1 Å². The molecule has 0 spiro atoms. The van der Waals surface area contributed by atoms with Gasteiger partial charge in [0.25, 0.3) is 0 Å². The van der Waals surface area contributed by atoms with Crippen molar-refractivity contribution in [2.24, 2.45) is 0 Å². The molecule has 0 aliphatic carbocycles. The first-order chi connectivity index (χ1) is 9.10. The molecule has 1 heterocycles. The number of thiophene rings is 1. The van der Waals surface area contributed by atoms with Gasteiger partial charge in [-0.25, -0.2) is 4.39 Å². The maximum atomic E-state index is 13.6. The summed E-state index contributed by atoms with van der Waals surface area (Å²) in [7, 11) is 0. The zero-order chi connectivity index (χ0) is 13.8. The minimum absolute atomic E-state index is 0.00634. The van der Waals surface area contributed by atoms with Gasteiger partial charge in [-0.2, -0.15) is 0 Å². The van der Waals surface area contributed by atoms with Crippen LogP contribution in [0, 0.1) is 12.7 Å². The molecule has 1 aromatic carbocycles. The fourth-order valence-corrected chi connectivity index (χ4v) is 3.25. The average molecular weight is 298 g/mol. The Morgan fingerprint density at radius 3 is 2.68 bits per heavy atom. The van der Waals surface area contributed by atoms with E-state index in [0.29, 0.717) is 0 Å². The third-order valence-corrected chi connectivity index (χ3v) is 4.17. The topological polar surface area (TPSA) is 12.0 Å². The molecule has 19 heavy (non-hydrogen) atoms. The van der Waals surface area contributed by atoms with Crippen molar-refractivity contribution in [3.8, 4) is 0 Å². The number of nitrogens with one attached hydrogen (secondary N) is 1. The van der Waals surface area contributed by atoms with E-state index in [2.05, 4.69) is 12.2 Å². The maximum Gasteiger partial charge on any atom is 0.123 e. The van der Waals surface area contributed by atoms with Crippen LogP contribution in [0.5, 0.6) is 0 Å². The second-order valence-electron chi connectivity index (χ2n) is 4.59. The number of hydrogen-bond donors (Lipinski definition) is 1. The first-order valence-electron chi connectivity index (χ1n) is 6.36. The van der Waals surface area contributed by atoms with Crippen molar-refractivity contribution in [1.82, 2.24) is 5.32 Å². The van der Waals surface area contributed by atoms with Crippen LogP contribution in [-0.2, 0) is 0 Å². The van der Waals surface area contributed by atoms with Crippen LogP contribution in [0.4, 0.5) is 4.39 Å². The van der Waals surface area contributed by atoms with Crippen molar-refractivity contribution in [1.29, 1.82) is 0 Å². The van der Waals surface area contributed by atoms with Crippen molar-refractivity contribution < 1.29 is 4.39 Å². The maximum absolute atomic E-state index is 13.6. The third-order valence-electron chi connectivity index (χ3n) is 2.87. The molecule has 1 atom stereocenters. The molecule has 0 bridgehead atoms. The zero-order valence-corrected chi connectivity index (χ0v) is 12.6. The van der Waals surface area contributed by atoms with E-state index in [4.69, 9.17) is 11.6 Å². The highest BCUT2D eigenvalue weighted by molar-refractivity contribution is 7.16. The summed E-state index contributed by atoms with van der Waals surface area (Å²) in [5.74, 6) is -0.194. The van der Waals surface area contributed by atoms with E-state index < -0.39 is 0 Å². The summed E-state index contributed by atoms with van der Waals surface area (Å²) in [5, 5.41) is 3.45. The van der Waals surface area contributed by atoms with Crippen molar-refractivity contribution in [2.75, 3.05) is 6.54 Å². The summed E-state index contributed by atoms with van der Waals surface area (Å²) in [6.45, 7) is 4.91. The Morgan fingerprint density at radius 1 is 1.32 bits per heavy atom. The summed E-state index contributed by atoms with van der Waals surface area (Å²) in [6, 6.07) is 9.04. The van der Waals surface area contributed by atoms with Gasteiger partial charge in [0.2, 0.25) is 0 Å². The minimum atomic E-state index is -0.194. The van der Waals surface area contributed by atoms with E-state index in [9.17, 15) is 4.39 Å². The molecule has 0 aliphatic heterocycles. The van der Waals surface area contributed by atoms with E-state index in [1.165, 1.54) is 11.3 Å². The van der Waals surface area contributed by atoms with Crippen molar-refractivity contribution in [3.63, 3.8) is 0 Å². The standard InChI is InChI=1S/C15H17ClFNS/c1-3-6-18-15(13-4-5-14(16)19-13)11-7-10(2)8-12(17)9-11/h4-5,7-9,15,18H,3,6H2,1-2H3. The van der Waals surface area contributed by atoms with Gasteiger partial charge in [0.05, 0.1) is 10.4 Å². The lowest BCUT2D eigenvalue weighted by molar-refractivity contribution is 0.590. The van der Waals surface area contributed by atoms with E-state index >= 15 is 0 Å². The molecule has 1 N–H and O–H groups in total. The van der Waals surface area contributed by atoms with Gasteiger partial charge in [-0.3, -0.25) is 0 Å². The van der Waals surface area contributed by atoms with Crippen LogP contribution in [0.1, 0.15) is 35.4 Å². The first-order valence-corrected chi connectivity index (χ1v) is 7.55. The predicted molar refractivity (Wildman–Crippen MR) is 80.6 cm³/mol. The first kappa shape index (κ1) is 14.5. The van der Waals surface area contributed by atoms with Gasteiger partial charge < -0.3 is 5.32 Å². The molecular formula is C15H17ClFNS. The zero-order valence-electron chi connectivity index (χ0n) is 11.0. The highest BCUT2D eigenvalue weighted by Gasteiger charge is 2.16. The van der Waals surface area contributed by atoms with Crippen LogP contribution in [0.25, 0.3) is 0 Å². The second-order valence-corrected chi connectivity index (χ2v) is 6.34. The lowest BCUT2D eigenvalue weighted by atomic mass is 10.0. The Morgan fingerprint density at radius 2 is 2.11 bits per heavy atom. The SMILES string of the molecule is CCCNC(c1cc(C)cc(F)c1)c1ccc(Cl)s1. The van der Waals surface area contributed by atoms with Gasteiger partial charge in [-0.1, -0.05) is 24.6 Å². The number of halogens is 2. The lowest BCUT2D eigenvalue weighted by Gasteiger charge is -2.18. The molecule has 102 valence electrons. The molecule has 4 heteroatoms. The smallest absolute Gasteiger partial charge is 0.123 e. The molecule has 0 amide bonds. The largest absolute Gasteiger partial charge is 0.306 e. The van der Waals surface area contributed by atoms with Crippen LogP contribution >= 0.6 is 22.9 Å². The van der Waals surface area contributed by atoms with Crippen LogP contribution in [0.15, 0.2) is 30.3 Å². The Kier molecular flexibility index (Phi) is 4.97. The molecule has 0 aliphatic rings. The van der Waals surface area contributed by atoms with Gasteiger partial charge in [-0.15, -0.1) is 11.3 Å². The number of hydrogen-bond acceptors (Lipinski definition) is 2. The number of rotatable bonds is 5. The Bertz CT molecular complexity index is 533. The molecular weight excluding hydrogens is 281 g/mol. The molecule has 1 unspecified atom stereocenters. The quantitative estimate of drug-likeness (QED) is 0.824. The summed E-state index contributed by atoms with van der Waals surface area (Å²) >= 11 is 7.54. The summed E-state index contributed by atoms with van der Waals surface area (Å²) < 4.78 is 14.3. The summed E-state index contributed by atoms with van der Waals surface area (Å²) in [6.07, 6.45) is 1.03. The minimum Gasteiger partial charge on any atom is -0.306 e. The Balaban J connectivity index is 2.36. The monoisotopic (exact) mass is 297 g/mol. The number of benzene rings is 1. The van der Waals surface area contributed by atoms with Crippen molar-refractivity contribution >= 4 is 22.9 Å². The fraction of sp³-hybridized carbons (Fsp3) is 0.333. The van der Waals surface area contributed by atoms with Crippen molar-refractivity contribution in [3.05, 3.63) is 56.5 Å². The number of aryl methyl sites for hydroxylation is 1. The second kappa shape index (κ2) is 6.51. The highest BCUT2D eigenvalue weighted by atomic mass is 35.5. The molecule has 2 rings (SSSR count). The van der Waals surface area contributed by atoms with Gasteiger partial charge >= 0.3 is 0 Å². The van der Waals surface area contributed by atoms with Gasteiger partial charge in [0.1, 0.15) is 5.82 Å². The molecule has 1 aromatic heterocycles. The van der Waals surface area contributed by atoms with Crippen LogP contribution in [0.3, 0.4) is 0 Å². The molecule has 0 fully saturated rings. The molecule has 2 aromatic rings. The van der Waals surface area contributed by atoms with E-state index in [1.54, 1.807) is 12.1 Å². The molecule has 0 radical (unpaired) electrons. The summed E-state index contributed by atoms with van der Waals surface area (Å²) in [4.78, 5) is 1.11. The van der Waals surface area contributed by atoms with E-state index in [-0.39, 0.29) is 11.9 Å². The summed E-state index contributed by atoms with van der Waals surface area (Å²) in [5.41, 5.74) is 1.88. The van der Waals surface area contributed by atoms with Gasteiger partial charge in [0, 0.05) is 4.88 Å². The molecule has 0 saturated heterocycles. The fourth-order valence-electron chi connectivity index (χ4n) is 2.09. The molecule has 0 saturated carbocycles.